The standard InChI is InChI=1S/C7H14N2O5/c1-14-3-4(8)6(11)9-5(2-10)7(12)13/h4-5,10H,2-3,8H2,1H3,(H,9,11)(H,12,13)/t4?,5-/m1/s1. The zero-order chi connectivity index (χ0) is 11.1. The summed E-state index contributed by atoms with van der Waals surface area (Å²) in [5.41, 5.74) is 5.32. The second-order valence-corrected chi connectivity index (χ2v) is 2.64. The van der Waals surface area contributed by atoms with Gasteiger partial charge in [0.25, 0.3) is 0 Å². The van der Waals surface area contributed by atoms with Crippen LogP contribution >= 0.6 is 0 Å². The molecule has 0 heterocycles. The fourth-order valence-corrected chi connectivity index (χ4v) is 0.719. The summed E-state index contributed by atoms with van der Waals surface area (Å²) in [6.07, 6.45) is 0. The maximum atomic E-state index is 11.1. The van der Waals surface area contributed by atoms with E-state index >= 15 is 0 Å². The molecule has 0 fully saturated rings. The summed E-state index contributed by atoms with van der Waals surface area (Å²) in [4.78, 5) is 21.5. The van der Waals surface area contributed by atoms with Gasteiger partial charge in [0, 0.05) is 7.11 Å². The van der Waals surface area contributed by atoms with Crippen LogP contribution in [0.5, 0.6) is 0 Å². The number of carbonyl (C=O) groups excluding carboxylic acids is 1. The second kappa shape index (κ2) is 6.30. The first-order chi connectivity index (χ1) is 6.52. The average molecular weight is 206 g/mol. The number of aliphatic hydroxyl groups excluding tert-OH is 1. The Balaban J connectivity index is 4.08. The van der Waals surface area contributed by atoms with Crippen molar-refractivity contribution in [3.63, 3.8) is 0 Å². The molecule has 0 aromatic carbocycles. The topological polar surface area (TPSA) is 122 Å². The summed E-state index contributed by atoms with van der Waals surface area (Å²) >= 11 is 0. The van der Waals surface area contributed by atoms with Crippen LogP contribution in [0.2, 0.25) is 0 Å². The normalized spacial score (nSPS) is 14.5. The molecule has 7 nitrogen and oxygen atoms in total. The lowest BCUT2D eigenvalue weighted by Gasteiger charge is -2.15. The van der Waals surface area contributed by atoms with Crippen LogP contribution in [0.1, 0.15) is 0 Å². The van der Waals surface area contributed by atoms with Crippen molar-refractivity contribution in [3.8, 4) is 0 Å². The third kappa shape index (κ3) is 4.17. The molecule has 5 N–H and O–H groups in total. The van der Waals surface area contributed by atoms with Crippen LogP contribution in [-0.4, -0.2) is 54.5 Å². The number of amides is 1. The summed E-state index contributed by atoms with van der Waals surface area (Å²) in [5, 5.41) is 19.1. The van der Waals surface area contributed by atoms with Gasteiger partial charge in [0.1, 0.15) is 12.1 Å². The van der Waals surface area contributed by atoms with Gasteiger partial charge in [0.05, 0.1) is 13.2 Å². The highest BCUT2D eigenvalue weighted by molar-refractivity contribution is 5.86. The second-order valence-electron chi connectivity index (χ2n) is 2.64. The van der Waals surface area contributed by atoms with E-state index in [9.17, 15) is 9.59 Å². The lowest BCUT2D eigenvalue weighted by atomic mass is 10.2. The number of hydrogen-bond acceptors (Lipinski definition) is 5. The summed E-state index contributed by atoms with van der Waals surface area (Å²) in [6, 6.07) is -2.26. The Morgan fingerprint density at radius 2 is 2.14 bits per heavy atom. The van der Waals surface area contributed by atoms with Crippen molar-refractivity contribution in [2.75, 3.05) is 20.3 Å². The number of methoxy groups -OCH3 is 1. The summed E-state index contributed by atoms with van der Waals surface area (Å²) < 4.78 is 4.60. The van der Waals surface area contributed by atoms with Gasteiger partial charge in [-0.2, -0.15) is 0 Å². The molecule has 0 spiro atoms. The minimum atomic E-state index is -1.33. The minimum Gasteiger partial charge on any atom is -0.480 e. The maximum absolute atomic E-state index is 11.1. The van der Waals surface area contributed by atoms with Crippen LogP contribution in [-0.2, 0) is 14.3 Å². The summed E-state index contributed by atoms with van der Waals surface area (Å²) in [5.74, 6) is -1.99. The fraction of sp³-hybridized carbons (Fsp3) is 0.714. The third-order valence-electron chi connectivity index (χ3n) is 1.48. The third-order valence-corrected chi connectivity index (χ3v) is 1.48. The largest absolute Gasteiger partial charge is 0.480 e. The smallest absolute Gasteiger partial charge is 0.328 e. The molecule has 0 saturated carbocycles. The number of rotatable bonds is 6. The van der Waals surface area contributed by atoms with E-state index in [1.54, 1.807) is 0 Å². The number of ether oxygens (including phenoxy) is 1. The van der Waals surface area contributed by atoms with E-state index in [2.05, 4.69) is 10.1 Å². The van der Waals surface area contributed by atoms with Crippen LogP contribution in [0, 0.1) is 0 Å². The Morgan fingerprint density at radius 1 is 1.57 bits per heavy atom. The van der Waals surface area contributed by atoms with Crippen molar-refractivity contribution < 1.29 is 24.5 Å². The van der Waals surface area contributed by atoms with Crippen molar-refractivity contribution in [3.05, 3.63) is 0 Å². The van der Waals surface area contributed by atoms with Gasteiger partial charge in [-0.3, -0.25) is 4.79 Å². The van der Waals surface area contributed by atoms with Gasteiger partial charge < -0.3 is 26.0 Å². The van der Waals surface area contributed by atoms with Gasteiger partial charge in [-0.25, -0.2) is 4.79 Å². The molecule has 0 bridgehead atoms. The molecule has 0 aliphatic heterocycles. The number of hydrogen-bond donors (Lipinski definition) is 4. The van der Waals surface area contributed by atoms with Crippen LogP contribution in [0.15, 0.2) is 0 Å². The number of carboxylic acid groups (broad SMARTS) is 1. The number of nitrogens with one attached hydrogen (secondary N) is 1. The number of carbonyl (C=O) groups is 2. The Labute approximate surface area is 80.8 Å². The van der Waals surface area contributed by atoms with Crippen molar-refractivity contribution in [2.24, 2.45) is 5.73 Å². The lowest BCUT2D eigenvalue weighted by Crippen LogP contribution is -2.51. The van der Waals surface area contributed by atoms with E-state index in [4.69, 9.17) is 15.9 Å². The Hall–Kier alpha value is -1.18. The number of aliphatic carboxylic acids is 1. The molecule has 0 aromatic heterocycles. The summed E-state index contributed by atoms with van der Waals surface area (Å²) in [6.45, 7) is -0.690. The highest BCUT2D eigenvalue weighted by Gasteiger charge is 2.22. The van der Waals surface area contributed by atoms with Crippen molar-refractivity contribution in [2.45, 2.75) is 12.1 Å². The molecule has 7 heteroatoms. The Morgan fingerprint density at radius 3 is 2.50 bits per heavy atom. The van der Waals surface area contributed by atoms with Gasteiger partial charge in [0.15, 0.2) is 0 Å². The number of carboxylic acids is 1. The number of nitrogens with two attached hydrogens (primary N) is 1. The highest BCUT2D eigenvalue weighted by atomic mass is 16.5. The minimum absolute atomic E-state index is 0.0103. The Kier molecular flexibility index (Phi) is 5.77. The molecule has 0 radical (unpaired) electrons. The van der Waals surface area contributed by atoms with Crippen LogP contribution in [0.25, 0.3) is 0 Å². The van der Waals surface area contributed by atoms with E-state index in [1.807, 2.05) is 0 Å². The van der Waals surface area contributed by atoms with E-state index in [0.717, 1.165) is 0 Å². The predicted octanol–water partition coefficient (Wildman–Crippen LogP) is -2.48. The van der Waals surface area contributed by atoms with Crippen molar-refractivity contribution >= 4 is 11.9 Å². The molecule has 1 amide bonds. The van der Waals surface area contributed by atoms with Crippen molar-refractivity contribution in [1.82, 2.24) is 5.32 Å². The molecule has 14 heavy (non-hydrogen) atoms. The van der Waals surface area contributed by atoms with E-state index in [0.29, 0.717) is 0 Å². The Bertz CT molecular complexity index is 208. The maximum Gasteiger partial charge on any atom is 0.328 e. The first-order valence-corrected chi connectivity index (χ1v) is 3.91. The average Bonchev–Trinajstić information content (AvgIpc) is 2.13. The summed E-state index contributed by atoms with van der Waals surface area (Å²) in [7, 11) is 1.37. The molecule has 0 aliphatic rings. The zero-order valence-electron chi connectivity index (χ0n) is 7.77. The monoisotopic (exact) mass is 206 g/mol. The van der Waals surface area contributed by atoms with Gasteiger partial charge in [-0.1, -0.05) is 0 Å². The first kappa shape index (κ1) is 12.8. The zero-order valence-corrected chi connectivity index (χ0v) is 7.77. The van der Waals surface area contributed by atoms with E-state index in [-0.39, 0.29) is 6.61 Å². The fourth-order valence-electron chi connectivity index (χ4n) is 0.719. The molecule has 82 valence electrons. The molecule has 0 aliphatic carbocycles. The molecular formula is C7H14N2O5. The van der Waals surface area contributed by atoms with Gasteiger partial charge in [-0.15, -0.1) is 0 Å². The SMILES string of the molecule is COCC(N)C(=O)N[C@H](CO)C(=O)O. The van der Waals surface area contributed by atoms with E-state index in [1.165, 1.54) is 7.11 Å². The first-order valence-electron chi connectivity index (χ1n) is 3.91. The van der Waals surface area contributed by atoms with Crippen molar-refractivity contribution in [1.29, 1.82) is 0 Å². The lowest BCUT2D eigenvalue weighted by molar-refractivity contribution is -0.143. The molecule has 0 rings (SSSR count). The molecule has 1 unspecified atom stereocenters. The quantitative estimate of drug-likeness (QED) is 0.382. The molecule has 2 atom stereocenters. The van der Waals surface area contributed by atoms with Gasteiger partial charge in [0.2, 0.25) is 5.91 Å². The predicted molar refractivity (Wildman–Crippen MR) is 46.5 cm³/mol. The van der Waals surface area contributed by atoms with Crippen LogP contribution in [0.3, 0.4) is 0 Å². The number of aliphatic hydroxyl groups is 1. The molecule has 0 saturated heterocycles. The molecule has 0 aromatic rings. The van der Waals surface area contributed by atoms with Crippen LogP contribution in [0.4, 0.5) is 0 Å². The van der Waals surface area contributed by atoms with Gasteiger partial charge in [-0.05, 0) is 0 Å². The van der Waals surface area contributed by atoms with Gasteiger partial charge >= 0.3 is 5.97 Å². The van der Waals surface area contributed by atoms with Crippen LogP contribution < -0.4 is 11.1 Å². The van der Waals surface area contributed by atoms with E-state index < -0.39 is 30.6 Å². The molecular weight excluding hydrogens is 192 g/mol. The highest BCUT2D eigenvalue weighted by Crippen LogP contribution is 1.86.